The molecule has 0 amide bonds. The summed E-state index contributed by atoms with van der Waals surface area (Å²) in [7, 11) is 1.59. The molecular weight excluding hydrogens is 336 g/mol. The molecule has 0 saturated heterocycles. The molecule has 0 aliphatic heterocycles. The van der Waals surface area contributed by atoms with Crippen LogP contribution in [0.1, 0.15) is 18.9 Å². The van der Waals surface area contributed by atoms with Crippen molar-refractivity contribution in [2.75, 3.05) is 19.5 Å². The molecule has 4 nitrogen and oxygen atoms in total. The third-order valence-electron chi connectivity index (χ3n) is 4.96. The van der Waals surface area contributed by atoms with Crippen molar-refractivity contribution < 1.29 is 9.84 Å². The molecule has 0 aliphatic carbocycles. The van der Waals surface area contributed by atoms with Crippen LogP contribution in [0.4, 0.5) is 5.69 Å². The topological polar surface area (TPSA) is 60.4 Å². The van der Waals surface area contributed by atoms with E-state index in [4.69, 9.17) is 22.1 Å². The van der Waals surface area contributed by atoms with Gasteiger partial charge in [-0.1, -0.05) is 36.7 Å². The summed E-state index contributed by atoms with van der Waals surface area (Å²) >= 11 is 6.08. The zero-order chi connectivity index (χ0) is 18.0. The molecule has 3 aromatic rings. The minimum atomic E-state index is -0.735. The number of nitrogens with zero attached hydrogens (tertiary/aromatic N) is 1. The monoisotopic (exact) mass is 358 g/mol. The van der Waals surface area contributed by atoms with Crippen LogP contribution in [-0.2, 0) is 10.3 Å². The second-order valence-corrected chi connectivity index (χ2v) is 6.66. The Morgan fingerprint density at radius 1 is 1.20 bits per heavy atom. The summed E-state index contributed by atoms with van der Waals surface area (Å²) in [6.45, 7) is 2.28. The van der Waals surface area contributed by atoms with E-state index in [2.05, 4.69) is 11.5 Å². The number of methoxy groups -OCH3 is 1. The Labute approximate surface area is 152 Å². The van der Waals surface area contributed by atoms with Gasteiger partial charge in [0.2, 0.25) is 0 Å². The number of anilines is 1. The first kappa shape index (κ1) is 17.8. The highest BCUT2D eigenvalue weighted by Gasteiger charge is 2.40. The fourth-order valence-corrected chi connectivity index (χ4v) is 3.80. The molecule has 0 bridgehead atoms. The lowest BCUT2D eigenvalue weighted by molar-refractivity contribution is -0.00445. The van der Waals surface area contributed by atoms with Crippen molar-refractivity contribution in [2.45, 2.75) is 25.0 Å². The number of ether oxygens (including phenoxy) is 1. The molecule has 25 heavy (non-hydrogen) atoms. The Morgan fingerprint density at radius 3 is 2.56 bits per heavy atom. The molecule has 2 unspecified atom stereocenters. The Bertz CT molecular complexity index is 860. The Hall–Kier alpha value is -2.01. The van der Waals surface area contributed by atoms with Gasteiger partial charge in [0.25, 0.3) is 0 Å². The Kier molecular flexibility index (Phi) is 5.04. The number of hydrogen-bond donors (Lipinski definition) is 2. The highest BCUT2D eigenvalue weighted by molar-refractivity contribution is 6.30. The van der Waals surface area contributed by atoms with Crippen LogP contribution in [0.5, 0.6) is 0 Å². The first-order valence-corrected chi connectivity index (χ1v) is 8.71. The second-order valence-electron chi connectivity index (χ2n) is 6.22. The van der Waals surface area contributed by atoms with Gasteiger partial charge < -0.3 is 20.1 Å². The van der Waals surface area contributed by atoms with Gasteiger partial charge in [0, 0.05) is 29.4 Å². The fourth-order valence-electron chi connectivity index (χ4n) is 3.68. The number of nitrogens with two attached hydrogens (primary N) is 1. The van der Waals surface area contributed by atoms with Crippen molar-refractivity contribution in [3.63, 3.8) is 0 Å². The molecule has 1 aromatic heterocycles. The summed E-state index contributed by atoms with van der Waals surface area (Å²) in [6.07, 6.45) is 1.93. The van der Waals surface area contributed by atoms with E-state index in [1.165, 1.54) is 0 Å². The molecule has 132 valence electrons. The van der Waals surface area contributed by atoms with Gasteiger partial charge in [-0.15, -0.1) is 0 Å². The van der Waals surface area contributed by atoms with Gasteiger partial charge in [-0.05, 0) is 42.3 Å². The van der Waals surface area contributed by atoms with Gasteiger partial charge in [-0.25, -0.2) is 0 Å². The molecule has 0 saturated carbocycles. The molecule has 5 heteroatoms. The van der Waals surface area contributed by atoms with Crippen LogP contribution >= 0.6 is 11.6 Å². The van der Waals surface area contributed by atoms with E-state index in [0.29, 0.717) is 11.4 Å². The lowest BCUT2D eigenvalue weighted by Crippen LogP contribution is -2.47. The number of aliphatic hydroxyl groups excluding tert-OH is 1. The van der Waals surface area contributed by atoms with Crippen LogP contribution in [0.25, 0.3) is 10.9 Å². The Balaban J connectivity index is 2.29. The van der Waals surface area contributed by atoms with E-state index in [9.17, 15) is 5.11 Å². The van der Waals surface area contributed by atoms with E-state index in [1.54, 1.807) is 7.11 Å². The average Bonchev–Trinajstić information content (AvgIpc) is 3.04. The minimum absolute atomic E-state index is 0.221. The van der Waals surface area contributed by atoms with Crippen LogP contribution in [0.3, 0.4) is 0 Å². The standard InChI is InChI=1S/C20H23ClN2O2/c1-3-20(19(24)13-25-2,14-7-9-15(21)10-8-14)23-12-11-16-17(22)5-4-6-18(16)23/h4-12,19,24H,3,13,22H2,1-2H3. The molecule has 0 spiro atoms. The van der Waals surface area contributed by atoms with Crippen LogP contribution in [0.15, 0.2) is 54.7 Å². The Morgan fingerprint density at radius 2 is 1.92 bits per heavy atom. The highest BCUT2D eigenvalue weighted by atomic mass is 35.5. The predicted molar refractivity (Wildman–Crippen MR) is 103 cm³/mol. The number of benzene rings is 2. The SMILES string of the molecule is CCC(c1ccc(Cl)cc1)(C(O)COC)n1ccc2c(N)cccc21. The summed E-state index contributed by atoms with van der Waals surface area (Å²) in [4.78, 5) is 0. The fraction of sp³-hybridized carbons (Fsp3) is 0.300. The molecule has 0 aliphatic rings. The summed E-state index contributed by atoms with van der Waals surface area (Å²) in [6, 6.07) is 15.4. The van der Waals surface area contributed by atoms with Crippen LogP contribution in [0, 0.1) is 0 Å². The van der Waals surface area contributed by atoms with E-state index in [1.807, 2.05) is 54.7 Å². The first-order chi connectivity index (χ1) is 12.0. The smallest absolute Gasteiger partial charge is 0.105 e. The maximum atomic E-state index is 11.1. The van der Waals surface area contributed by atoms with Crippen molar-refractivity contribution in [1.82, 2.24) is 4.57 Å². The molecule has 3 rings (SSSR count). The maximum absolute atomic E-state index is 11.1. The zero-order valence-corrected chi connectivity index (χ0v) is 15.2. The quantitative estimate of drug-likeness (QED) is 0.654. The van der Waals surface area contributed by atoms with Crippen molar-refractivity contribution >= 4 is 28.2 Å². The number of hydrogen-bond acceptors (Lipinski definition) is 3. The molecule has 0 radical (unpaired) electrons. The highest BCUT2D eigenvalue weighted by Crippen LogP contribution is 2.38. The van der Waals surface area contributed by atoms with Crippen molar-refractivity contribution in [3.05, 3.63) is 65.3 Å². The van der Waals surface area contributed by atoms with Crippen LogP contribution in [-0.4, -0.2) is 29.5 Å². The van der Waals surface area contributed by atoms with Gasteiger partial charge in [-0.2, -0.15) is 0 Å². The number of nitrogen functional groups attached to an aromatic ring is 1. The average molecular weight is 359 g/mol. The van der Waals surface area contributed by atoms with Gasteiger partial charge in [0.15, 0.2) is 0 Å². The molecule has 3 N–H and O–H groups in total. The number of rotatable bonds is 6. The lowest BCUT2D eigenvalue weighted by atomic mass is 9.81. The van der Waals surface area contributed by atoms with E-state index < -0.39 is 11.6 Å². The van der Waals surface area contributed by atoms with Crippen molar-refractivity contribution in [1.29, 1.82) is 0 Å². The maximum Gasteiger partial charge on any atom is 0.105 e. The number of aliphatic hydroxyl groups is 1. The lowest BCUT2D eigenvalue weighted by Gasteiger charge is -2.40. The second kappa shape index (κ2) is 7.08. The minimum Gasteiger partial charge on any atom is -0.398 e. The molecule has 2 atom stereocenters. The van der Waals surface area contributed by atoms with Crippen molar-refractivity contribution in [2.24, 2.45) is 0 Å². The van der Waals surface area contributed by atoms with E-state index in [0.717, 1.165) is 22.2 Å². The molecule has 1 heterocycles. The van der Waals surface area contributed by atoms with Gasteiger partial charge in [0.05, 0.1) is 17.7 Å². The first-order valence-electron chi connectivity index (χ1n) is 8.33. The van der Waals surface area contributed by atoms with E-state index in [-0.39, 0.29) is 6.61 Å². The van der Waals surface area contributed by atoms with E-state index >= 15 is 0 Å². The number of fused-ring (bicyclic) bond motifs is 1. The largest absolute Gasteiger partial charge is 0.398 e. The van der Waals surface area contributed by atoms with Gasteiger partial charge in [-0.3, -0.25) is 0 Å². The summed E-state index contributed by atoms with van der Waals surface area (Å²) in [5.74, 6) is 0. The third kappa shape index (κ3) is 2.91. The summed E-state index contributed by atoms with van der Waals surface area (Å²) < 4.78 is 7.38. The normalized spacial score (nSPS) is 15.2. The zero-order valence-electron chi connectivity index (χ0n) is 14.4. The van der Waals surface area contributed by atoms with Crippen LogP contribution < -0.4 is 5.73 Å². The molecule has 0 fully saturated rings. The molecule has 2 aromatic carbocycles. The summed E-state index contributed by atoms with van der Waals surface area (Å²) in [5, 5.41) is 12.7. The third-order valence-corrected chi connectivity index (χ3v) is 5.21. The summed E-state index contributed by atoms with van der Waals surface area (Å²) in [5.41, 5.74) is 8.12. The number of aromatic nitrogens is 1. The van der Waals surface area contributed by atoms with Crippen molar-refractivity contribution in [3.8, 4) is 0 Å². The van der Waals surface area contributed by atoms with Crippen LogP contribution in [0.2, 0.25) is 5.02 Å². The van der Waals surface area contributed by atoms with Gasteiger partial charge in [0.1, 0.15) is 6.10 Å². The predicted octanol–water partition coefficient (Wildman–Crippen LogP) is 4.04. The number of halogens is 1. The molecular formula is C20H23ClN2O2. The van der Waals surface area contributed by atoms with Gasteiger partial charge >= 0.3 is 0 Å².